The van der Waals surface area contributed by atoms with Crippen molar-refractivity contribution >= 4 is 17.2 Å². The van der Waals surface area contributed by atoms with Crippen LogP contribution in [0.2, 0.25) is 0 Å². The minimum atomic E-state index is -0.228. The van der Waals surface area contributed by atoms with Gasteiger partial charge in [0, 0.05) is 17.7 Å². The summed E-state index contributed by atoms with van der Waals surface area (Å²) in [5.41, 5.74) is 4.76. The fourth-order valence-corrected chi connectivity index (χ4v) is 4.23. The third-order valence-electron chi connectivity index (χ3n) is 5.45. The van der Waals surface area contributed by atoms with Crippen molar-refractivity contribution in [1.82, 2.24) is 0 Å². The van der Waals surface area contributed by atoms with E-state index < -0.39 is 0 Å². The normalized spacial score (nSPS) is 21.0. The van der Waals surface area contributed by atoms with Gasteiger partial charge in [-0.05, 0) is 41.7 Å². The Balaban J connectivity index is 0.000000994. The van der Waals surface area contributed by atoms with Gasteiger partial charge >= 0.3 is 0 Å². The summed E-state index contributed by atoms with van der Waals surface area (Å²) in [6.07, 6.45) is 1.39. The number of para-hydroxylation sites is 2. The molecule has 29 heavy (non-hydrogen) atoms. The zero-order valence-electron chi connectivity index (χ0n) is 17.5. The van der Waals surface area contributed by atoms with Gasteiger partial charge in [-0.2, -0.15) is 0 Å². The standard InChI is InChI=1S/C22H22N2O3.C2H6/c1-22(2)10-16-20(17(25)11-22)21(24-15-6-4-3-5-14(15)23-16)13-7-8-18-19(9-13)27-12-26-18;1-2/h3-9,21,23-24H,10-12H2,1-2H3;1-2H3. The number of ether oxygens (including phenoxy) is 2. The van der Waals surface area contributed by atoms with E-state index in [2.05, 4.69) is 24.5 Å². The topological polar surface area (TPSA) is 59.6 Å². The smallest absolute Gasteiger partial charge is 0.231 e. The van der Waals surface area contributed by atoms with Gasteiger partial charge in [0.25, 0.3) is 0 Å². The number of allylic oxidation sites excluding steroid dienone is 1. The van der Waals surface area contributed by atoms with E-state index in [4.69, 9.17) is 9.47 Å². The summed E-state index contributed by atoms with van der Waals surface area (Å²) in [5.74, 6) is 1.67. The van der Waals surface area contributed by atoms with Gasteiger partial charge in [0.15, 0.2) is 17.3 Å². The number of fused-ring (bicyclic) bond motifs is 2. The molecule has 5 nitrogen and oxygen atoms in total. The lowest BCUT2D eigenvalue weighted by Gasteiger charge is -2.34. The van der Waals surface area contributed by atoms with Gasteiger partial charge in [-0.1, -0.05) is 45.9 Å². The molecule has 3 aliphatic rings. The van der Waals surface area contributed by atoms with E-state index in [1.54, 1.807) is 0 Å². The maximum Gasteiger partial charge on any atom is 0.231 e. The average molecular weight is 392 g/mol. The molecule has 0 spiro atoms. The van der Waals surface area contributed by atoms with Crippen LogP contribution in [0.15, 0.2) is 53.7 Å². The van der Waals surface area contributed by atoms with Crippen molar-refractivity contribution in [1.29, 1.82) is 0 Å². The molecular weight excluding hydrogens is 364 g/mol. The molecule has 0 bridgehead atoms. The van der Waals surface area contributed by atoms with E-state index in [-0.39, 0.29) is 24.0 Å². The molecule has 2 heterocycles. The maximum absolute atomic E-state index is 13.2. The molecular formula is C24H28N2O3. The van der Waals surface area contributed by atoms with Crippen molar-refractivity contribution in [3.63, 3.8) is 0 Å². The average Bonchev–Trinajstić information content (AvgIpc) is 3.09. The molecule has 2 aromatic carbocycles. The molecule has 1 unspecified atom stereocenters. The number of Topliss-reactive ketones (excluding diaryl/α,β-unsaturated/α-hetero) is 1. The number of ketones is 1. The molecule has 1 aliphatic carbocycles. The van der Waals surface area contributed by atoms with Crippen LogP contribution in [0.3, 0.4) is 0 Å². The number of anilines is 2. The number of hydrogen-bond donors (Lipinski definition) is 2. The SMILES string of the molecule is CC.CC1(C)CC(=O)C2=C(C1)Nc1ccccc1NC2c1ccc2c(c1)OCO2. The Bertz CT molecular complexity index is 978. The summed E-state index contributed by atoms with van der Waals surface area (Å²) in [6.45, 7) is 8.54. The lowest BCUT2D eigenvalue weighted by molar-refractivity contribution is -0.118. The quantitative estimate of drug-likeness (QED) is 0.655. The van der Waals surface area contributed by atoms with E-state index >= 15 is 0 Å². The van der Waals surface area contributed by atoms with Gasteiger partial charge in [0.05, 0.1) is 17.4 Å². The third-order valence-corrected chi connectivity index (χ3v) is 5.45. The molecule has 0 amide bonds. The van der Waals surface area contributed by atoms with Crippen molar-refractivity contribution < 1.29 is 14.3 Å². The van der Waals surface area contributed by atoms with Gasteiger partial charge in [-0.3, -0.25) is 4.79 Å². The first-order valence-corrected chi connectivity index (χ1v) is 10.3. The van der Waals surface area contributed by atoms with Crippen LogP contribution in [0.4, 0.5) is 11.4 Å². The van der Waals surface area contributed by atoms with Crippen molar-refractivity contribution in [2.24, 2.45) is 5.41 Å². The van der Waals surface area contributed by atoms with Crippen LogP contribution in [0, 0.1) is 5.41 Å². The molecule has 5 heteroatoms. The Morgan fingerprint density at radius 1 is 0.966 bits per heavy atom. The highest BCUT2D eigenvalue weighted by atomic mass is 16.7. The van der Waals surface area contributed by atoms with E-state index in [9.17, 15) is 4.79 Å². The van der Waals surface area contributed by atoms with Crippen molar-refractivity contribution in [2.45, 2.75) is 46.6 Å². The highest BCUT2D eigenvalue weighted by Gasteiger charge is 2.39. The third kappa shape index (κ3) is 3.57. The number of carbonyl (C=O) groups is 1. The van der Waals surface area contributed by atoms with E-state index in [0.717, 1.165) is 46.1 Å². The number of hydrogen-bond acceptors (Lipinski definition) is 5. The Morgan fingerprint density at radius 2 is 1.69 bits per heavy atom. The molecule has 2 aromatic rings. The Morgan fingerprint density at radius 3 is 2.48 bits per heavy atom. The second kappa shape index (κ2) is 7.47. The van der Waals surface area contributed by atoms with E-state index in [1.165, 1.54) is 0 Å². The molecule has 0 radical (unpaired) electrons. The Hall–Kier alpha value is -2.95. The van der Waals surface area contributed by atoms with Crippen molar-refractivity contribution in [2.75, 3.05) is 17.4 Å². The van der Waals surface area contributed by atoms with E-state index in [0.29, 0.717) is 6.42 Å². The molecule has 0 aromatic heterocycles. The second-order valence-electron chi connectivity index (χ2n) is 8.19. The maximum atomic E-state index is 13.2. The molecule has 0 saturated carbocycles. The monoisotopic (exact) mass is 392 g/mol. The fraction of sp³-hybridized carbons (Fsp3) is 0.375. The van der Waals surface area contributed by atoms with Gasteiger partial charge in [-0.25, -0.2) is 0 Å². The van der Waals surface area contributed by atoms with Gasteiger partial charge in [0.2, 0.25) is 6.79 Å². The summed E-state index contributed by atoms with van der Waals surface area (Å²) in [4.78, 5) is 13.2. The van der Waals surface area contributed by atoms with Crippen molar-refractivity contribution in [3.8, 4) is 11.5 Å². The summed E-state index contributed by atoms with van der Waals surface area (Å²) in [5, 5.41) is 7.13. The molecule has 2 N–H and O–H groups in total. The van der Waals surface area contributed by atoms with Crippen LogP contribution in [0.25, 0.3) is 0 Å². The van der Waals surface area contributed by atoms with Gasteiger partial charge in [-0.15, -0.1) is 0 Å². The lowest BCUT2D eigenvalue weighted by atomic mass is 9.73. The largest absolute Gasteiger partial charge is 0.454 e. The Kier molecular flexibility index (Phi) is 4.99. The van der Waals surface area contributed by atoms with Crippen LogP contribution in [0.5, 0.6) is 11.5 Å². The summed E-state index contributed by atoms with van der Waals surface area (Å²) < 4.78 is 11.0. The van der Waals surface area contributed by atoms with Gasteiger partial charge < -0.3 is 20.1 Å². The first kappa shape index (κ1) is 19.4. The number of carbonyl (C=O) groups excluding carboxylic acids is 1. The number of benzene rings is 2. The summed E-state index contributed by atoms with van der Waals surface area (Å²) in [7, 11) is 0. The number of rotatable bonds is 1. The molecule has 1 atom stereocenters. The second-order valence-corrected chi connectivity index (χ2v) is 8.19. The summed E-state index contributed by atoms with van der Waals surface area (Å²) in [6, 6.07) is 13.8. The summed E-state index contributed by atoms with van der Waals surface area (Å²) >= 11 is 0. The van der Waals surface area contributed by atoms with E-state index in [1.807, 2.05) is 56.3 Å². The number of nitrogens with one attached hydrogen (secondary N) is 2. The lowest BCUT2D eigenvalue weighted by Crippen LogP contribution is -2.31. The zero-order chi connectivity index (χ0) is 20.6. The van der Waals surface area contributed by atoms with Crippen LogP contribution in [0.1, 0.15) is 52.1 Å². The first-order valence-electron chi connectivity index (χ1n) is 10.3. The fourth-order valence-electron chi connectivity index (χ4n) is 4.23. The minimum absolute atomic E-state index is 0.0539. The predicted molar refractivity (Wildman–Crippen MR) is 115 cm³/mol. The van der Waals surface area contributed by atoms with Crippen LogP contribution in [-0.4, -0.2) is 12.6 Å². The van der Waals surface area contributed by atoms with Crippen LogP contribution < -0.4 is 20.1 Å². The molecule has 0 fully saturated rings. The predicted octanol–water partition coefficient (Wildman–Crippen LogP) is 5.66. The highest BCUT2D eigenvalue weighted by Crippen LogP contribution is 2.46. The van der Waals surface area contributed by atoms with Crippen LogP contribution >= 0.6 is 0 Å². The molecule has 0 saturated heterocycles. The minimum Gasteiger partial charge on any atom is -0.454 e. The van der Waals surface area contributed by atoms with Gasteiger partial charge in [0.1, 0.15) is 0 Å². The molecule has 5 rings (SSSR count). The molecule has 152 valence electrons. The highest BCUT2D eigenvalue weighted by molar-refractivity contribution is 6.01. The first-order chi connectivity index (χ1) is 14.0. The molecule has 2 aliphatic heterocycles. The Labute approximate surface area is 172 Å². The zero-order valence-corrected chi connectivity index (χ0v) is 17.5. The van der Waals surface area contributed by atoms with Crippen molar-refractivity contribution in [3.05, 3.63) is 59.3 Å². The van der Waals surface area contributed by atoms with Crippen LogP contribution in [-0.2, 0) is 4.79 Å².